The highest BCUT2D eigenvalue weighted by Gasteiger charge is 2.22. The van der Waals surface area contributed by atoms with E-state index in [1.165, 1.54) is 32.2 Å². The molecule has 3 N–H and O–H groups in total. The number of amides is 3. The summed E-state index contributed by atoms with van der Waals surface area (Å²) in [5, 5.41) is 14.6. The number of anilines is 2. The standard InChI is InChI=1S/C13H14N6O6S/c1-7-14-10(18-12(15-7)25-2)17-11(20)19-26(23,24)9-6-4-3-5-8(9)16-13(21)22/h3-6,16H,1-2H3,(H,21,22)(H2,14,15,17,18,19,20)/p-1. The summed E-state index contributed by atoms with van der Waals surface area (Å²) in [6.45, 7) is 1.52. The van der Waals surface area contributed by atoms with Crippen molar-refractivity contribution in [2.24, 2.45) is 0 Å². The van der Waals surface area contributed by atoms with Crippen LogP contribution in [0.2, 0.25) is 0 Å². The Labute approximate surface area is 147 Å². The van der Waals surface area contributed by atoms with Crippen LogP contribution >= 0.6 is 0 Å². The summed E-state index contributed by atoms with van der Waals surface area (Å²) < 4.78 is 31.2. The topological polar surface area (TPSA) is 175 Å². The normalized spacial score (nSPS) is 10.7. The Morgan fingerprint density at radius 2 is 1.81 bits per heavy atom. The zero-order valence-corrected chi connectivity index (χ0v) is 14.3. The molecule has 1 heterocycles. The summed E-state index contributed by atoms with van der Waals surface area (Å²) in [5.74, 6) is 0.00158. The molecular formula is C13H13N6O6S-. The third-order valence-corrected chi connectivity index (χ3v) is 4.16. The third-order valence-electron chi connectivity index (χ3n) is 2.77. The Bertz CT molecular complexity index is 948. The molecule has 0 saturated heterocycles. The lowest BCUT2D eigenvalue weighted by Crippen LogP contribution is -2.36. The second kappa shape index (κ2) is 7.60. The lowest BCUT2D eigenvalue weighted by Gasteiger charge is -2.13. The number of carbonyl (C=O) groups is 2. The van der Waals surface area contributed by atoms with Gasteiger partial charge in [-0.3, -0.25) is 5.32 Å². The van der Waals surface area contributed by atoms with Gasteiger partial charge in [-0.05, 0) is 19.1 Å². The van der Waals surface area contributed by atoms with Gasteiger partial charge in [0.05, 0.1) is 12.8 Å². The molecule has 1 aromatic carbocycles. The molecule has 13 heteroatoms. The van der Waals surface area contributed by atoms with E-state index in [9.17, 15) is 23.1 Å². The van der Waals surface area contributed by atoms with Crippen LogP contribution in [0.5, 0.6) is 6.01 Å². The summed E-state index contributed by atoms with van der Waals surface area (Å²) >= 11 is 0. The summed E-state index contributed by atoms with van der Waals surface area (Å²) in [4.78, 5) is 33.5. The maximum atomic E-state index is 12.3. The van der Waals surface area contributed by atoms with E-state index >= 15 is 0 Å². The van der Waals surface area contributed by atoms with Crippen molar-refractivity contribution >= 4 is 33.8 Å². The van der Waals surface area contributed by atoms with Gasteiger partial charge in [0.1, 0.15) is 16.8 Å². The number of sulfonamides is 1. The molecule has 0 aliphatic heterocycles. The molecule has 1 aromatic heterocycles. The lowest BCUT2D eigenvalue weighted by atomic mass is 10.3. The Hall–Kier alpha value is -3.48. The molecule has 0 atom stereocenters. The van der Waals surface area contributed by atoms with Crippen molar-refractivity contribution < 1.29 is 27.9 Å². The Kier molecular flexibility index (Phi) is 5.51. The van der Waals surface area contributed by atoms with Crippen molar-refractivity contribution in [3.63, 3.8) is 0 Å². The van der Waals surface area contributed by atoms with Crippen LogP contribution in [0.25, 0.3) is 0 Å². The largest absolute Gasteiger partial charge is 0.530 e. The second-order valence-electron chi connectivity index (χ2n) is 4.66. The van der Waals surface area contributed by atoms with Gasteiger partial charge in [0.2, 0.25) is 5.95 Å². The number of para-hydroxylation sites is 1. The van der Waals surface area contributed by atoms with Crippen molar-refractivity contribution in [3.05, 3.63) is 30.1 Å². The van der Waals surface area contributed by atoms with Gasteiger partial charge in [0.15, 0.2) is 0 Å². The van der Waals surface area contributed by atoms with Crippen LogP contribution in [0.4, 0.5) is 21.2 Å². The zero-order chi connectivity index (χ0) is 19.3. The number of aromatic nitrogens is 3. The van der Waals surface area contributed by atoms with E-state index in [1.54, 1.807) is 4.72 Å². The average molecular weight is 381 g/mol. The first-order valence-electron chi connectivity index (χ1n) is 6.89. The molecule has 2 rings (SSSR count). The molecule has 0 fully saturated rings. The van der Waals surface area contributed by atoms with Crippen LogP contribution in [0.1, 0.15) is 5.82 Å². The maximum Gasteiger partial charge on any atom is 0.335 e. The number of hydrogen-bond acceptors (Lipinski definition) is 9. The van der Waals surface area contributed by atoms with E-state index in [2.05, 4.69) is 20.3 Å². The van der Waals surface area contributed by atoms with Crippen molar-refractivity contribution in [1.82, 2.24) is 19.7 Å². The molecule has 0 aliphatic rings. The van der Waals surface area contributed by atoms with Crippen LogP contribution in [0.15, 0.2) is 29.2 Å². The van der Waals surface area contributed by atoms with Gasteiger partial charge >= 0.3 is 12.0 Å². The predicted molar refractivity (Wildman–Crippen MR) is 85.9 cm³/mol. The number of hydrogen-bond donors (Lipinski definition) is 3. The monoisotopic (exact) mass is 381 g/mol. The number of urea groups is 1. The fourth-order valence-electron chi connectivity index (χ4n) is 1.82. The fraction of sp³-hybridized carbons (Fsp3) is 0.154. The Morgan fingerprint density at radius 1 is 1.12 bits per heavy atom. The smallest absolute Gasteiger partial charge is 0.335 e. The molecule has 2 aromatic rings. The van der Waals surface area contributed by atoms with Crippen molar-refractivity contribution in [2.45, 2.75) is 11.8 Å². The number of carbonyl (C=O) groups excluding carboxylic acids is 2. The number of rotatable bonds is 5. The maximum absolute atomic E-state index is 12.3. The molecule has 0 spiro atoms. The Morgan fingerprint density at radius 3 is 2.46 bits per heavy atom. The highest BCUT2D eigenvalue weighted by Crippen LogP contribution is 2.20. The SMILES string of the molecule is COc1nc(C)nc(NC(=O)NS(=O)(=O)c2ccccc2NC(=O)[O-])n1. The first kappa shape index (κ1) is 18.9. The molecule has 0 saturated carbocycles. The zero-order valence-electron chi connectivity index (χ0n) is 13.5. The first-order valence-corrected chi connectivity index (χ1v) is 8.37. The van der Waals surface area contributed by atoms with E-state index in [4.69, 9.17) is 4.74 Å². The highest BCUT2D eigenvalue weighted by molar-refractivity contribution is 7.90. The van der Waals surface area contributed by atoms with Gasteiger partial charge in [-0.25, -0.2) is 17.9 Å². The minimum atomic E-state index is -4.40. The van der Waals surface area contributed by atoms with E-state index in [1.807, 2.05) is 5.32 Å². The van der Waals surface area contributed by atoms with Crippen LogP contribution in [-0.4, -0.2) is 42.6 Å². The molecule has 0 aliphatic carbocycles. The van der Waals surface area contributed by atoms with Gasteiger partial charge in [0, 0.05) is 0 Å². The minimum Gasteiger partial charge on any atom is -0.530 e. The van der Waals surface area contributed by atoms with Gasteiger partial charge in [-0.1, -0.05) is 12.1 Å². The van der Waals surface area contributed by atoms with Gasteiger partial charge in [-0.2, -0.15) is 15.0 Å². The van der Waals surface area contributed by atoms with Crippen LogP contribution < -0.4 is 25.2 Å². The van der Waals surface area contributed by atoms with Crippen molar-refractivity contribution in [3.8, 4) is 6.01 Å². The van der Waals surface area contributed by atoms with Gasteiger partial charge in [0.25, 0.3) is 10.0 Å². The summed E-state index contributed by atoms with van der Waals surface area (Å²) in [7, 11) is -3.09. The van der Waals surface area contributed by atoms with Crippen LogP contribution in [-0.2, 0) is 10.0 Å². The number of aryl methyl sites for hydroxylation is 1. The summed E-state index contributed by atoms with van der Waals surface area (Å²) in [5.41, 5.74) is -0.273. The van der Waals surface area contributed by atoms with Gasteiger partial charge < -0.3 is 20.0 Å². The number of benzene rings is 1. The van der Waals surface area contributed by atoms with E-state index in [0.29, 0.717) is 0 Å². The molecule has 26 heavy (non-hydrogen) atoms. The van der Waals surface area contributed by atoms with E-state index < -0.39 is 27.0 Å². The van der Waals surface area contributed by atoms with Crippen LogP contribution in [0, 0.1) is 6.92 Å². The first-order chi connectivity index (χ1) is 12.2. The second-order valence-corrected chi connectivity index (χ2v) is 6.31. The molecular weight excluding hydrogens is 368 g/mol. The molecule has 3 amide bonds. The minimum absolute atomic E-state index is 0.0702. The van der Waals surface area contributed by atoms with E-state index in [-0.39, 0.29) is 23.5 Å². The average Bonchev–Trinajstić information content (AvgIpc) is 2.53. The van der Waals surface area contributed by atoms with Crippen molar-refractivity contribution in [1.29, 1.82) is 0 Å². The third kappa shape index (κ3) is 4.76. The number of nitrogens with one attached hydrogen (secondary N) is 3. The number of nitrogens with zero attached hydrogens (tertiary/aromatic N) is 3. The summed E-state index contributed by atoms with van der Waals surface area (Å²) in [6, 6.07) is 3.83. The number of methoxy groups -OCH3 is 1. The molecule has 12 nitrogen and oxygen atoms in total. The van der Waals surface area contributed by atoms with Crippen LogP contribution in [0.3, 0.4) is 0 Å². The molecule has 0 unspecified atom stereocenters. The Balaban J connectivity index is 2.21. The predicted octanol–water partition coefficient (Wildman–Crippen LogP) is -0.546. The molecule has 0 bridgehead atoms. The molecule has 0 radical (unpaired) electrons. The van der Waals surface area contributed by atoms with Gasteiger partial charge in [-0.15, -0.1) is 0 Å². The highest BCUT2D eigenvalue weighted by atomic mass is 32.2. The van der Waals surface area contributed by atoms with Crippen molar-refractivity contribution in [2.75, 3.05) is 17.7 Å². The molecule has 138 valence electrons. The number of ether oxygens (including phenoxy) is 1. The van der Waals surface area contributed by atoms with E-state index in [0.717, 1.165) is 6.07 Å². The summed E-state index contributed by atoms with van der Waals surface area (Å²) in [6.07, 6.45) is -1.70. The fourth-order valence-corrected chi connectivity index (χ4v) is 2.89. The lowest BCUT2D eigenvalue weighted by molar-refractivity contribution is -0.242. The number of carboxylic acid groups (broad SMARTS) is 1. The quantitative estimate of drug-likeness (QED) is 0.613.